The van der Waals surface area contributed by atoms with Crippen LogP contribution in [0.25, 0.3) is 0 Å². The second-order valence-corrected chi connectivity index (χ2v) is 51.6. The molecule has 2 rings (SSSR count). The molecule has 0 bridgehead atoms. The Labute approximate surface area is 168 Å². The van der Waals surface area contributed by atoms with Gasteiger partial charge >= 0.3 is 144 Å². The number of halogens is 2. The van der Waals surface area contributed by atoms with Gasteiger partial charge in [0.2, 0.25) is 0 Å². The van der Waals surface area contributed by atoms with Crippen molar-refractivity contribution in [3.05, 3.63) is 23.8 Å². The predicted molar refractivity (Wildman–Crippen MR) is 122 cm³/mol. The molecule has 2 aliphatic rings. The topological polar surface area (TPSA) is 3.24 Å². The van der Waals surface area contributed by atoms with Crippen molar-refractivity contribution in [2.24, 2.45) is 5.92 Å². The van der Waals surface area contributed by atoms with Crippen molar-refractivity contribution in [2.75, 3.05) is 0 Å². The van der Waals surface area contributed by atoms with E-state index in [1.165, 1.54) is 19.3 Å². The number of allylic oxidation sites excluding steroid dienone is 4. The van der Waals surface area contributed by atoms with Crippen LogP contribution in [0.15, 0.2) is 23.8 Å². The normalized spacial score (nSPS) is 24.8. The monoisotopic (exact) mass is 501 g/mol. The van der Waals surface area contributed by atoms with Crippen molar-refractivity contribution in [3.63, 3.8) is 0 Å². The van der Waals surface area contributed by atoms with Crippen molar-refractivity contribution in [1.82, 2.24) is 2.17 Å². The van der Waals surface area contributed by atoms with E-state index in [2.05, 4.69) is 75.8 Å². The van der Waals surface area contributed by atoms with Gasteiger partial charge in [-0.25, -0.2) is 0 Å². The van der Waals surface area contributed by atoms with E-state index in [9.17, 15) is 0 Å². The van der Waals surface area contributed by atoms with E-state index in [0.29, 0.717) is 0 Å². The van der Waals surface area contributed by atoms with Crippen LogP contribution in [0.1, 0.15) is 19.3 Å². The Balaban J connectivity index is 0.00000264. The number of nitrogens with zero attached hydrogens (tertiary/aromatic N) is 1. The first kappa shape index (κ1) is 25.6. The van der Waals surface area contributed by atoms with Crippen molar-refractivity contribution in [2.45, 2.75) is 71.4 Å². The van der Waals surface area contributed by atoms with E-state index in [-0.39, 0.29) is 24.8 Å². The van der Waals surface area contributed by atoms with Gasteiger partial charge in [0, 0.05) is 0 Å². The van der Waals surface area contributed by atoms with Crippen LogP contribution >= 0.6 is 24.8 Å². The first-order chi connectivity index (χ1) is 9.74. The summed E-state index contributed by atoms with van der Waals surface area (Å²) in [5, 5.41) is 0. The second kappa shape index (κ2) is 7.89. The molecular formula is C17H39Cl2NSi3Zr. The summed E-state index contributed by atoms with van der Waals surface area (Å²) in [6.45, 7) is 18.1. The van der Waals surface area contributed by atoms with Crippen molar-refractivity contribution in [3.8, 4) is 0 Å². The molecule has 0 amide bonds. The van der Waals surface area contributed by atoms with Gasteiger partial charge in [-0.3, -0.25) is 0 Å². The van der Waals surface area contributed by atoms with Gasteiger partial charge < -0.3 is 0 Å². The van der Waals surface area contributed by atoms with Gasteiger partial charge in [0.25, 0.3) is 0 Å². The van der Waals surface area contributed by atoms with Crippen LogP contribution in [-0.2, 0) is 17.7 Å². The Morgan fingerprint density at radius 1 is 1.00 bits per heavy atom. The summed E-state index contributed by atoms with van der Waals surface area (Å²) in [7, 11) is -2.61. The van der Waals surface area contributed by atoms with Gasteiger partial charge in [-0.1, -0.05) is 0 Å². The third kappa shape index (κ3) is 4.88. The third-order valence-electron chi connectivity index (χ3n) is 5.70. The molecule has 1 fully saturated rings. The standard InChI is InChI=1S/C9H11.C6H18NSi2.2CH3.2ClH.H2Si.Zr/c1-2-5-9-7-3-6-8(9)4-1;1-8(2,3)7-9(4,5)6;;;;;;/h1-2,4,6,9H,3,5,7H2;1-6H3;2*1H3;2*1H;1H2;/q;-1;;;;;;+1. The molecule has 0 aliphatic heterocycles. The molecule has 0 radical (unpaired) electrons. The Morgan fingerprint density at radius 2 is 1.50 bits per heavy atom. The smallest absolute Gasteiger partial charge is 0.147 e. The van der Waals surface area contributed by atoms with Crippen LogP contribution < -0.4 is 0 Å². The minimum atomic E-state index is -2.96. The van der Waals surface area contributed by atoms with E-state index in [4.69, 9.17) is 0 Å². The van der Waals surface area contributed by atoms with Crippen molar-refractivity contribution in [1.29, 1.82) is 0 Å². The Hall–Kier alpha value is 1.55. The molecule has 0 heterocycles. The minimum absolute atomic E-state index is 0. The van der Waals surface area contributed by atoms with Gasteiger partial charge in [-0.15, -0.1) is 24.8 Å². The third-order valence-corrected chi connectivity index (χ3v) is 50.1. The van der Waals surface area contributed by atoms with Crippen LogP contribution in [0.5, 0.6) is 0 Å². The summed E-state index contributed by atoms with van der Waals surface area (Å²) in [5.74, 6) is 0.873. The van der Waals surface area contributed by atoms with Crippen LogP contribution in [0.3, 0.4) is 0 Å². The van der Waals surface area contributed by atoms with E-state index < -0.39 is 34.2 Å². The zero-order chi connectivity index (χ0) is 17.0. The van der Waals surface area contributed by atoms with Crippen LogP contribution in [-0.4, -0.2) is 25.5 Å². The largest absolute Gasteiger partial charge is 0.147 e. The molecule has 0 aromatic heterocycles. The first-order valence-electron chi connectivity index (χ1n) is 8.98. The summed E-state index contributed by atoms with van der Waals surface area (Å²) in [6, 6.07) is 0. The van der Waals surface area contributed by atoms with Gasteiger partial charge in [0.05, 0.1) is 0 Å². The summed E-state index contributed by atoms with van der Waals surface area (Å²) in [6.07, 6.45) is 11.4. The number of fused-ring (bicyclic) bond motifs is 1. The van der Waals surface area contributed by atoms with Gasteiger partial charge in [-0.2, -0.15) is 0 Å². The molecular weight excluding hydrogens is 465 g/mol. The summed E-state index contributed by atoms with van der Waals surface area (Å²) in [4.78, 5) is 0. The molecule has 0 aromatic carbocycles. The van der Waals surface area contributed by atoms with E-state index in [1.807, 2.05) is 5.57 Å². The zero-order valence-electron chi connectivity index (χ0n) is 17.0. The molecule has 1 saturated carbocycles. The fourth-order valence-corrected chi connectivity index (χ4v) is 79.3. The molecule has 7 heteroatoms. The zero-order valence-corrected chi connectivity index (χ0v) is 24.5. The molecule has 0 aromatic rings. The maximum absolute atomic E-state index is 3.27. The number of hydrogen-bond donors (Lipinski definition) is 0. The molecule has 2 atom stereocenters. The van der Waals surface area contributed by atoms with Crippen molar-refractivity contribution < 1.29 is 17.7 Å². The Bertz CT molecular complexity index is 568. The Morgan fingerprint density at radius 3 is 1.96 bits per heavy atom. The van der Waals surface area contributed by atoms with E-state index in [0.717, 1.165) is 9.54 Å². The van der Waals surface area contributed by atoms with Crippen LogP contribution in [0, 0.1) is 5.92 Å². The number of rotatable bonds is 4. The fraction of sp³-hybridized carbons (Fsp3) is 0.765. The van der Waals surface area contributed by atoms with E-state index in [1.54, 1.807) is 0 Å². The quantitative estimate of drug-likeness (QED) is 0.417. The molecule has 2 unspecified atom stereocenters. The summed E-state index contributed by atoms with van der Waals surface area (Å²) >= 11 is -2.96. The fourth-order valence-electron chi connectivity index (χ4n) is 6.26. The molecule has 0 N–H and O–H groups in total. The SMILES string of the molecule is C[Si](C)(C)[N]([Si](C)(C)C)[Zr]([CH3])([CH3])(=[SiH2])[CH]1CCC2CC=CC=C21.Cl.Cl. The summed E-state index contributed by atoms with van der Waals surface area (Å²) < 4.78 is 9.75. The van der Waals surface area contributed by atoms with Crippen LogP contribution in [0.4, 0.5) is 0 Å². The maximum Gasteiger partial charge on any atom is -0.147 e. The average molecular weight is 504 g/mol. The summed E-state index contributed by atoms with van der Waals surface area (Å²) in [5.41, 5.74) is 1.84. The predicted octanol–water partition coefficient (Wildman–Crippen LogP) is 6.14. The van der Waals surface area contributed by atoms with Gasteiger partial charge in [-0.05, 0) is 0 Å². The maximum atomic E-state index is 3.27. The van der Waals surface area contributed by atoms with E-state index >= 15 is 0 Å². The minimum Gasteiger partial charge on any atom is -0.147 e. The molecule has 24 heavy (non-hydrogen) atoms. The second-order valence-electron chi connectivity index (χ2n) is 10.6. The molecule has 1 nitrogen and oxygen atoms in total. The number of hydrogen-bond acceptors (Lipinski definition) is 1. The average Bonchev–Trinajstić information content (AvgIpc) is 2.66. The molecule has 142 valence electrons. The Kier molecular flexibility index (Phi) is 8.40. The first-order valence-corrected chi connectivity index (χ1v) is 29.2. The molecule has 2 aliphatic carbocycles. The van der Waals surface area contributed by atoms with Crippen molar-refractivity contribution >= 4 is 48.2 Å². The molecule has 0 spiro atoms. The molecule has 0 saturated heterocycles. The van der Waals surface area contributed by atoms with Gasteiger partial charge in [0.15, 0.2) is 0 Å². The van der Waals surface area contributed by atoms with Gasteiger partial charge in [0.1, 0.15) is 0 Å². The van der Waals surface area contributed by atoms with Crippen LogP contribution in [0.2, 0.25) is 52.2 Å².